The zero-order valence-electron chi connectivity index (χ0n) is 11.5. The summed E-state index contributed by atoms with van der Waals surface area (Å²) in [5, 5.41) is 6.42. The van der Waals surface area contributed by atoms with Crippen molar-refractivity contribution in [2.75, 3.05) is 0 Å². The molecule has 0 aliphatic carbocycles. The molecule has 0 saturated heterocycles. The van der Waals surface area contributed by atoms with Gasteiger partial charge in [0, 0.05) is 6.42 Å². The number of nitrogens with two attached hydrogens (primary N) is 1. The minimum atomic E-state index is 0.341. The van der Waals surface area contributed by atoms with Crippen LogP contribution in [0.1, 0.15) is 33.3 Å². The van der Waals surface area contributed by atoms with Crippen LogP contribution in [0.25, 0.3) is 0 Å². The van der Waals surface area contributed by atoms with Gasteiger partial charge in [0.15, 0.2) is 0 Å². The molecule has 0 saturated carbocycles. The molecule has 2 N–H and O–H groups in total. The number of hydrogen-bond acceptors (Lipinski definition) is 3. The fourth-order valence-electron chi connectivity index (χ4n) is 1.02. The van der Waals surface area contributed by atoms with Gasteiger partial charge < -0.3 is 10.6 Å². The number of rotatable bonds is 4. The number of aliphatic imine (C=N–C) groups is 1. The van der Waals surface area contributed by atoms with Gasteiger partial charge in [-0.1, -0.05) is 51.1 Å². The molecule has 0 heterocycles. The van der Waals surface area contributed by atoms with Crippen LogP contribution in [0, 0.1) is 0 Å². The monoisotopic (exact) mass is 250 g/mol. The third kappa shape index (κ3) is 8.15. The van der Waals surface area contributed by atoms with Crippen molar-refractivity contribution in [2.45, 2.75) is 34.1 Å². The minimum absolute atomic E-state index is 0.341. The summed E-state index contributed by atoms with van der Waals surface area (Å²) in [6.45, 7) is 8.00. The predicted molar refractivity (Wildman–Crippen MR) is 76.1 cm³/mol. The molecule has 0 bridgehead atoms. The topological polar surface area (TPSA) is 80.2 Å². The normalized spacial score (nSPS) is 9.33. The quantitative estimate of drug-likeness (QED) is 0.222. The molecular formula is C13H22N4O. The van der Waals surface area contributed by atoms with Gasteiger partial charge in [-0.3, -0.25) is 0 Å². The van der Waals surface area contributed by atoms with Crippen molar-refractivity contribution in [3.63, 3.8) is 0 Å². The van der Waals surface area contributed by atoms with Crippen molar-refractivity contribution < 1.29 is 4.79 Å². The zero-order valence-corrected chi connectivity index (χ0v) is 11.5. The summed E-state index contributed by atoms with van der Waals surface area (Å²) in [6.07, 6.45) is 2.41. The first-order valence-corrected chi connectivity index (χ1v) is 6.02. The van der Waals surface area contributed by atoms with Gasteiger partial charge in [-0.25, -0.2) is 4.99 Å². The Morgan fingerprint density at radius 1 is 1.17 bits per heavy atom. The molecule has 5 nitrogen and oxygen atoms in total. The first-order valence-electron chi connectivity index (χ1n) is 6.02. The summed E-state index contributed by atoms with van der Waals surface area (Å²) >= 11 is 0. The first-order chi connectivity index (χ1) is 8.88. The molecule has 100 valence electrons. The van der Waals surface area contributed by atoms with Crippen molar-refractivity contribution in [1.82, 2.24) is 0 Å². The lowest BCUT2D eigenvalue weighted by atomic mass is 10.1. The Hall–Kier alpha value is -2.04. The van der Waals surface area contributed by atoms with Gasteiger partial charge in [-0.15, -0.1) is 5.11 Å². The Morgan fingerprint density at radius 3 is 2.33 bits per heavy atom. The standard InChI is InChI=1S/C9H10N4O.2C2H6/c10-13-12-7-11-9-4-2-1-3-8(9)5-6-14;2*1-2/h1-4,6-7H,5H2,(H2,10,11,12);2*1-2H3. The summed E-state index contributed by atoms with van der Waals surface area (Å²) in [7, 11) is 0. The smallest absolute Gasteiger partial charge is 0.140 e. The van der Waals surface area contributed by atoms with E-state index >= 15 is 0 Å². The highest BCUT2D eigenvalue weighted by Crippen LogP contribution is 2.17. The Bertz CT molecular complexity index is 362. The highest BCUT2D eigenvalue weighted by molar-refractivity contribution is 5.66. The molecule has 0 radical (unpaired) electrons. The number of aldehydes is 1. The van der Waals surface area contributed by atoms with Crippen molar-refractivity contribution in [2.24, 2.45) is 21.2 Å². The van der Waals surface area contributed by atoms with E-state index in [4.69, 9.17) is 5.84 Å². The van der Waals surface area contributed by atoms with E-state index in [-0.39, 0.29) is 0 Å². The lowest BCUT2D eigenvalue weighted by molar-refractivity contribution is -0.107. The number of carbonyl (C=O) groups excluding carboxylic acids is 1. The maximum absolute atomic E-state index is 10.3. The SMILES string of the molecule is CC.CC.NN=NC=Nc1ccccc1CC=O. The number of para-hydroxylation sites is 1. The molecule has 18 heavy (non-hydrogen) atoms. The summed E-state index contributed by atoms with van der Waals surface area (Å²) in [5.74, 6) is 4.80. The van der Waals surface area contributed by atoms with Crippen LogP contribution in [0.3, 0.4) is 0 Å². The van der Waals surface area contributed by atoms with Gasteiger partial charge in [0.05, 0.1) is 5.69 Å². The van der Waals surface area contributed by atoms with Crippen molar-refractivity contribution in [3.05, 3.63) is 29.8 Å². The third-order valence-electron chi connectivity index (χ3n) is 1.61. The molecule has 0 aliphatic rings. The molecular weight excluding hydrogens is 228 g/mol. The average molecular weight is 250 g/mol. The summed E-state index contributed by atoms with van der Waals surface area (Å²) in [6, 6.07) is 7.31. The maximum atomic E-state index is 10.3. The van der Waals surface area contributed by atoms with Crippen LogP contribution in [-0.2, 0) is 11.2 Å². The van der Waals surface area contributed by atoms with Gasteiger partial charge in [-0.2, -0.15) is 0 Å². The van der Waals surface area contributed by atoms with Crippen LogP contribution in [-0.4, -0.2) is 12.6 Å². The molecule has 0 unspecified atom stereocenters. The van der Waals surface area contributed by atoms with Gasteiger partial charge in [0.2, 0.25) is 0 Å². The lowest BCUT2D eigenvalue weighted by Crippen LogP contribution is -1.85. The van der Waals surface area contributed by atoms with Crippen LogP contribution < -0.4 is 5.84 Å². The second-order valence-corrected chi connectivity index (χ2v) is 2.48. The van der Waals surface area contributed by atoms with Crippen LogP contribution in [0.2, 0.25) is 0 Å². The largest absolute Gasteiger partial charge is 0.305 e. The Morgan fingerprint density at radius 2 is 1.78 bits per heavy atom. The van der Waals surface area contributed by atoms with Crippen molar-refractivity contribution >= 4 is 18.3 Å². The third-order valence-corrected chi connectivity index (χ3v) is 1.61. The van der Waals surface area contributed by atoms with Crippen molar-refractivity contribution in [3.8, 4) is 0 Å². The highest BCUT2D eigenvalue weighted by Gasteiger charge is 1.97. The average Bonchev–Trinajstić information content (AvgIpc) is 2.46. The van der Waals surface area contributed by atoms with Crippen LogP contribution in [0.4, 0.5) is 5.69 Å². The number of hydrogen-bond donors (Lipinski definition) is 1. The summed E-state index contributed by atoms with van der Waals surface area (Å²) in [5.41, 5.74) is 1.55. The van der Waals surface area contributed by atoms with E-state index < -0.39 is 0 Å². The molecule has 0 aliphatic heterocycles. The highest BCUT2D eigenvalue weighted by atomic mass is 16.1. The number of benzene rings is 1. The second-order valence-electron chi connectivity index (χ2n) is 2.48. The van der Waals surface area contributed by atoms with Gasteiger partial charge in [-0.05, 0) is 11.6 Å². The van der Waals surface area contributed by atoms with E-state index in [1.807, 2.05) is 45.9 Å². The fraction of sp³-hybridized carbons (Fsp3) is 0.385. The van der Waals surface area contributed by atoms with E-state index in [2.05, 4.69) is 15.3 Å². The van der Waals surface area contributed by atoms with Crippen molar-refractivity contribution in [1.29, 1.82) is 0 Å². The van der Waals surface area contributed by atoms with Gasteiger partial charge >= 0.3 is 0 Å². The zero-order chi connectivity index (χ0) is 14.2. The van der Waals surface area contributed by atoms with E-state index in [9.17, 15) is 4.79 Å². The van der Waals surface area contributed by atoms with Gasteiger partial charge in [0.25, 0.3) is 0 Å². The molecule has 1 aromatic carbocycles. The molecule has 0 spiro atoms. The Labute approximate surface area is 109 Å². The molecule has 5 heteroatoms. The number of carbonyl (C=O) groups is 1. The van der Waals surface area contributed by atoms with E-state index in [1.54, 1.807) is 6.07 Å². The Balaban J connectivity index is 0. The van der Waals surface area contributed by atoms with E-state index in [1.165, 1.54) is 6.34 Å². The molecule has 0 aromatic heterocycles. The Kier molecular flexibility index (Phi) is 15.2. The molecule has 0 fully saturated rings. The van der Waals surface area contributed by atoms with Crippen LogP contribution >= 0.6 is 0 Å². The van der Waals surface area contributed by atoms with E-state index in [0.29, 0.717) is 12.1 Å². The number of nitrogens with zero attached hydrogens (tertiary/aromatic N) is 3. The summed E-state index contributed by atoms with van der Waals surface area (Å²) in [4.78, 5) is 14.3. The second kappa shape index (κ2) is 15.0. The molecule has 0 amide bonds. The molecule has 1 rings (SSSR count). The molecule has 1 aromatic rings. The van der Waals surface area contributed by atoms with Crippen LogP contribution in [0.15, 0.2) is 39.6 Å². The van der Waals surface area contributed by atoms with Gasteiger partial charge in [0.1, 0.15) is 12.6 Å². The minimum Gasteiger partial charge on any atom is -0.305 e. The maximum Gasteiger partial charge on any atom is 0.140 e. The predicted octanol–water partition coefficient (Wildman–Crippen LogP) is 3.47. The first kappa shape index (κ1) is 18.3. The molecule has 0 atom stereocenters. The van der Waals surface area contributed by atoms with E-state index in [0.717, 1.165) is 11.8 Å². The van der Waals surface area contributed by atoms with Crippen LogP contribution in [0.5, 0.6) is 0 Å². The lowest BCUT2D eigenvalue weighted by Gasteiger charge is -1.98. The summed E-state index contributed by atoms with van der Waals surface area (Å²) < 4.78 is 0. The fourth-order valence-corrected chi connectivity index (χ4v) is 1.02.